The largest absolute Gasteiger partial charge is 0.482 e. The lowest BCUT2D eigenvalue weighted by molar-refractivity contribution is -0.288. The summed E-state index contributed by atoms with van der Waals surface area (Å²) in [5.41, 5.74) is -6.59. The van der Waals surface area contributed by atoms with E-state index in [2.05, 4.69) is 0 Å². The topological polar surface area (TPSA) is 18.5 Å². The van der Waals surface area contributed by atoms with Crippen molar-refractivity contribution < 1.29 is 53.4 Å². The SMILES string of the molecule is CC(C)(C)Oc1c(F)c(F)c(OC(C)(C)C)c(F)c1F.Cc1ccc(C(c2ccc(C)cc2)(C(F)(F)F)C(F)(F)F)cc1. The molecule has 0 N–H and O–H groups in total. The van der Waals surface area contributed by atoms with E-state index >= 15 is 0 Å². The van der Waals surface area contributed by atoms with Gasteiger partial charge in [0.05, 0.1) is 0 Å². The van der Waals surface area contributed by atoms with Crippen molar-refractivity contribution >= 4 is 0 Å². The van der Waals surface area contributed by atoms with Crippen molar-refractivity contribution in [2.75, 3.05) is 0 Å². The molecule has 0 aliphatic rings. The Bertz CT molecular complexity index is 1260. The summed E-state index contributed by atoms with van der Waals surface area (Å²) in [5.74, 6) is -8.63. The van der Waals surface area contributed by atoms with Crippen LogP contribution in [0.3, 0.4) is 0 Å². The smallest absolute Gasteiger partial charge is 0.411 e. The fourth-order valence-electron chi connectivity index (χ4n) is 3.97. The van der Waals surface area contributed by atoms with Gasteiger partial charge in [0.2, 0.25) is 28.7 Å². The molecular weight excluding hydrogens is 594 g/mol. The van der Waals surface area contributed by atoms with Gasteiger partial charge in [-0.25, -0.2) is 0 Å². The third-order valence-electron chi connectivity index (χ3n) is 5.82. The highest BCUT2D eigenvalue weighted by Gasteiger charge is 2.72. The van der Waals surface area contributed by atoms with Crippen LogP contribution in [0.5, 0.6) is 11.5 Å². The van der Waals surface area contributed by atoms with E-state index < -0.39 is 74.9 Å². The van der Waals surface area contributed by atoms with Crippen molar-refractivity contribution in [3.05, 3.63) is 94.1 Å². The fourth-order valence-corrected chi connectivity index (χ4v) is 3.97. The molecule has 0 aromatic heterocycles. The molecule has 0 bridgehead atoms. The summed E-state index contributed by atoms with van der Waals surface area (Å²) < 4.78 is 147. The summed E-state index contributed by atoms with van der Waals surface area (Å²) in [6.45, 7) is 12.2. The summed E-state index contributed by atoms with van der Waals surface area (Å²) in [6, 6.07) is 8.52. The van der Waals surface area contributed by atoms with Gasteiger partial charge in [-0.3, -0.25) is 0 Å². The van der Waals surface area contributed by atoms with Crippen molar-refractivity contribution in [1.82, 2.24) is 0 Å². The van der Waals surface area contributed by atoms with Crippen LogP contribution in [0.25, 0.3) is 0 Å². The van der Waals surface area contributed by atoms with Crippen LogP contribution in [0.15, 0.2) is 48.5 Å². The Morgan fingerprint density at radius 3 is 0.860 bits per heavy atom. The van der Waals surface area contributed by atoms with Crippen LogP contribution in [-0.4, -0.2) is 23.6 Å². The number of hydrogen-bond donors (Lipinski definition) is 0. The van der Waals surface area contributed by atoms with Crippen molar-refractivity contribution in [2.45, 2.75) is 84.4 Å². The first-order chi connectivity index (χ1) is 19.3. The number of alkyl halides is 6. The molecule has 3 aromatic carbocycles. The van der Waals surface area contributed by atoms with Crippen LogP contribution in [0.2, 0.25) is 0 Å². The number of ether oxygens (including phenoxy) is 2. The lowest BCUT2D eigenvalue weighted by Gasteiger charge is -2.38. The summed E-state index contributed by atoms with van der Waals surface area (Å²) >= 11 is 0. The van der Waals surface area contributed by atoms with Crippen molar-refractivity contribution in [2.24, 2.45) is 0 Å². The predicted molar refractivity (Wildman–Crippen MR) is 142 cm³/mol. The summed E-state index contributed by atoms with van der Waals surface area (Å²) in [5, 5.41) is 0. The molecule has 0 saturated heterocycles. The number of aryl methyl sites for hydroxylation is 2. The van der Waals surface area contributed by atoms with E-state index in [0.29, 0.717) is 11.1 Å². The Hall–Kier alpha value is -3.44. The summed E-state index contributed by atoms with van der Waals surface area (Å²) in [4.78, 5) is 0. The van der Waals surface area contributed by atoms with Gasteiger partial charge in [0.25, 0.3) is 0 Å². The Morgan fingerprint density at radius 1 is 0.442 bits per heavy atom. The summed E-state index contributed by atoms with van der Waals surface area (Å²) in [7, 11) is 0. The molecule has 0 amide bonds. The molecule has 12 heteroatoms. The molecule has 3 rings (SSSR count). The Balaban J connectivity index is 0.000000304. The molecule has 0 radical (unpaired) electrons. The van der Waals surface area contributed by atoms with E-state index in [0.717, 1.165) is 24.3 Å². The standard InChI is InChI=1S/C17H14F6.C14H18F4O2/c1-11-3-7-13(8-4-11)15(16(18,19)20,17(21,22)23)14-9-5-12(2)6-10-14;1-13(2,3)19-11-7(15)9(17)12(10(18)8(11)16)20-14(4,5)6/h3-10H,1-2H3;1-6H3. The molecule has 0 aliphatic carbocycles. The second kappa shape index (κ2) is 12.3. The monoisotopic (exact) mass is 626 g/mol. The van der Waals surface area contributed by atoms with Gasteiger partial charge in [-0.15, -0.1) is 0 Å². The third-order valence-corrected chi connectivity index (χ3v) is 5.82. The Kier molecular flexibility index (Phi) is 10.2. The highest BCUT2D eigenvalue weighted by atomic mass is 19.4. The molecule has 0 heterocycles. The highest BCUT2D eigenvalue weighted by molar-refractivity contribution is 5.45. The first-order valence-corrected chi connectivity index (χ1v) is 12.8. The molecular formula is C31H32F10O2. The van der Waals surface area contributed by atoms with Crippen LogP contribution in [0.1, 0.15) is 63.8 Å². The molecule has 0 saturated carbocycles. The van der Waals surface area contributed by atoms with Crippen LogP contribution < -0.4 is 9.47 Å². The third kappa shape index (κ3) is 7.94. The lowest BCUT2D eigenvalue weighted by atomic mass is 9.72. The number of rotatable bonds is 4. The maximum absolute atomic E-state index is 13.8. The molecule has 0 atom stereocenters. The van der Waals surface area contributed by atoms with Crippen LogP contribution in [0.4, 0.5) is 43.9 Å². The van der Waals surface area contributed by atoms with Crippen molar-refractivity contribution in [1.29, 1.82) is 0 Å². The van der Waals surface area contributed by atoms with E-state index in [4.69, 9.17) is 9.47 Å². The predicted octanol–water partition coefficient (Wildman–Crippen LogP) is 10.3. The lowest BCUT2D eigenvalue weighted by Crippen LogP contribution is -2.54. The number of halogens is 10. The van der Waals surface area contributed by atoms with Gasteiger partial charge in [-0.1, -0.05) is 59.7 Å². The molecule has 0 spiro atoms. The van der Waals surface area contributed by atoms with Crippen LogP contribution >= 0.6 is 0 Å². The first-order valence-electron chi connectivity index (χ1n) is 12.8. The van der Waals surface area contributed by atoms with E-state index in [1.807, 2.05) is 0 Å². The minimum absolute atomic E-state index is 0.580. The normalized spacial score (nSPS) is 12.9. The molecule has 3 aromatic rings. The van der Waals surface area contributed by atoms with E-state index in [-0.39, 0.29) is 0 Å². The number of hydrogen-bond acceptors (Lipinski definition) is 2. The summed E-state index contributed by atoms with van der Waals surface area (Å²) in [6.07, 6.45) is -11.1. The maximum atomic E-state index is 13.8. The zero-order chi connectivity index (χ0) is 33.3. The van der Waals surface area contributed by atoms with Crippen LogP contribution in [-0.2, 0) is 5.41 Å². The molecule has 43 heavy (non-hydrogen) atoms. The van der Waals surface area contributed by atoms with Gasteiger partial charge in [-0.05, 0) is 66.5 Å². The zero-order valence-corrected chi connectivity index (χ0v) is 24.7. The minimum atomic E-state index is -5.53. The Labute approximate surface area is 243 Å². The van der Waals surface area contributed by atoms with Crippen molar-refractivity contribution in [3.63, 3.8) is 0 Å². The number of benzene rings is 3. The van der Waals surface area contributed by atoms with E-state index in [1.165, 1.54) is 65.8 Å². The van der Waals surface area contributed by atoms with Gasteiger partial charge in [0.1, 0.15) is 11.2 Å². The molecule has 238 valence electrons. The second-order valence-corrected chi connectivity index (χ2v) is 11.8. The minimum Gasteiger partial charge on any atom is -0.482 e. The van der Waals surface area contributed by atoms with E-state index in [9.17, 15) is 43.9 Å². The van der Waals surface area contributed by atoms with Gasteiger partial charge in [-0.2, -0.15) is 43.9 Å². The zero-order valence-electron chi connectivity index (χ0n) is 24.7. The maximum Gasteiger partial charge on any atom is 0.411 e. The fraction of sp³-hybridized carbons (Fsp3) is 0.419. The Morgan fingerprint density at radius 2 is 0.674 bits per heavy atom. The average Bonchev–Trinajstić information content (AvgIpc) is 2.83. The van der Waals surface area contributed by atoms with Gasteiger partial charge in [0, 0.05) is 0 Å². The average molecular weight is 627 g/mol. The molecule has 0 fully saturated rings. The van der Waals surface area contributed by atoms with Gasteiger partial charge in [0.15, 0.2) is 11.5 Å². The van der Waals surface area contributed by atoms with Gasteiger partial charge < -0.3 is 9.47 Å². The quantitative estimate of drug-likeness (QED) is 0.212. The molecule has 0 aliphatic heterocycles. The second-order valence-electron chi connectivity index (χ2n) is 11.8. The highest BCUT2D eigenvalue weighted by Crippen LogP contribution is 2.56. The first kappa shape index (κ1) is 35.8. The molecule has 2 nitrogen and oxygen atoms in total. The van der Waals surface area contributed by atoms with E-state index in [1.54, 1.807) is 13.8 Å². The van der Waals surface area contributed by atoms with Crippen LogP contribution in [0, 0.1) is 37.1 Å². The van der Waals surface area contributed by atoms with Crippen molar-refractivity contribution in [3.8, 4) is 11.5 Å². The van der Waals surface area contributed by atoms with Gasteiger partial charge >= 0.3 is 12.4 Å². The molecule has 0 unspecified atom stereocenters.